The van der Waals surface area contributed by atoms with E-state index in [1.165, 1.54) is 11.1 Å². The van der Waals surface area contributed by atoms with Gasteiger partial charge in [-0.25, -0.2) is 0 Å². The summed E-state index contributed by atoms with van der Waals surface area (Å²) in [5.41, 5.74) is 3.78. The first kappa shape index (κ1) is 21.0. The summed E-state index contributed by atoms with van der Waals surface area (Å²) in [4.78, 5) is 16.7. The third kappa shape index (κ3) is 5.29. The van der Waals surface area contributed by atoms with E-state index in [4.69, 9.17) is 0 Å². The molecule has 0 saturated heterocycles. The van der Waals surface area contributed by atoms with Gasteiger partial charge in [0, 0.05) is 23.9 Å². The predicted molar refractivity (Wildman–Crippen MR) is 126 cm³/mol. The van der Waals surface area contributed by atoms with Gasteiger partial charge in [0.05, 0.1) is 0 Å². The number of pyridine rings is 1. The van der Waals surface area contributed by atoms with Crippen LogP contribution in [-0.4, -0.2) is 17.4 Å². The summed E-state index contributed by atoms with van der Waals surface area (Å²) in [6, 6.07) is 27.3. The molecule has 2 aromatic carbocycles. The Morgan fingerprint density at radius 1 is 0.903 bits per heavy atom. The molecule has 0 spiro atoms. The van der Waals surface area contributed by atoms with Gasteiger partial charge in [-0.3, -0.25) is 9.78 Å². The summed E-state index contributed by atoms with van der Waals surface area (Å²) in [6.45, 7) is 0.721. The minimum Gasteiger partial charge on any atom is -0.353 e. The second-order valence-corrected chi connectivity index (χ2v) is 8.30. The lowest BCUT2D eigenvalue weighted by atomic mass is 9.85. The molecule has 3 nitrogen and oxygen atoms in total. The van der Waals surface area contributed by atoms with Gasteiger partial charge in [-0.1, -0.05) is 79.2 Å². The number of rotatable bonds is 10. The van der Waals surface area contributed by atoms with Gasteiger partial charge < -0.3 is 5.32 Å². The fourth-order valence-corrected chi connectivity index (χ4v) is 4.45. The van der Waals surface area contributed by atoms with Crippen molar-refractivity contribution in [2.24, 2.45) is 5.92 Å². The van der Waals surface area contributed by atoms with Crippen LogP contribution in [0.25, 0.3) is 0 Å². The summed E-state index contributed by atoms with van der Waals surface area (Å²) < 4.78 is 0. The molecule has 3 aromatic rings. The molecule has 158 valence electrons. The Bertz CT molecular complexity index is 944. The Morgan fingerprint density at radius 3 is 2.23 bits per heavy atom. The first-order valence-corrected chi connectivity index (χ1v) is 11.3. The number of nitrogens with zero attached hydrogens (tertiary/aromatic N) is 1. The minimum absolute atomic E-state index is 0.00616. The Labute approximate surface area is 185 Å². The second kappa shape index (κ2) is 10.2. The molecule has 1 atom stereocenters. The fraction of sp³-hybridized carbons (Fsp3) is 0.286. The fourth-order valence-electron chi connectivity index (χ4n) is 4.45. The zero-order chi connectivity index (χ0) is 21.4. The Hall–Kier alpha value is -3.20. The molecule has 1 aliphatic rings. The second-order valence-electron chi connectivity index (χ2n) is 8.30. The minimum atomic E-state index is -0.00915. The number of aryl methyl sites for hydroxylation is 1. The van der Waals surface area contributed by atoms with E-state index < -0.39 is 0 Å². The number of nitrogens with one attached hydrogen (secondary N) is 1. The normalized spacial score (nSPS) is 16.8. The summed E-state index contributed by atoms with van der Waals surface area (Å²) in [5, 5.41) is 3.03. The van der Waals surface area contributed by atoms with Crippen LogP contribution in [0, 0.1) is 5.92 Å². The van der Waals surface area contributed by atoms with Crippen molar-refractivity contribution in [2.75, 3.05) is 6.54 Å². The molecule has 0 aliphatic heterocycles. The number of allylic oxidation sites excluding steroid dienone is 1. The lowest BCUT2D eigenvalue weighted by Crippen LogP contribution is -2.22. The Kier molecular flexibility index (Phi) is 6.93. The van der Waals surface area contributed by atoms with Crippen LogP contribution in [0.2, 0.25) is 0 Å². The lowest BCUT2D eigenvalue weighted by Gasteiger charge is -2.18. The average Bonchev–Trinajstić information content (AvgIpc) is 3.57. The van der Waals surface area contributed by atoms with Crippen molar-refractivity contribution in [2.45, 2.75) is 37.5 Å². The molecule has 1 amide bonds. The van der Waals surface area contributed by atoms with Crippen LogP contribution in [0.15, 0.2) is 97.2 Å². The molecule has 1 N–H and O–H groups in total. The first-order chi connectivity index (χ1) is 15.3. The molecule has 4 rings (SSSR count). The van der Waals surface area contributed by atoms with Gasteiger partial charge in [-0.15, -0.1) is 0 Å². The summed E-state index contributed by atoms with van der Waals surface area (Å²) in [6.07, 6.45) is 10.9. The number of hydrogen-bond acceptors (Lipinski definition) is 2. The maximum absolute atomic E-state index is 12.3. The van der Waals surface area contributed by atoms with E-state index in [0.717, 1.165) is 44.3 Å². The zero-order valence-electron chi connectivity index (χ0n) is 17.9. The monoisotopic (exact) mass is 410 g/mol. The highest BCUT2D eigenvalue weighted by molar-refractivity contribution is 5.87. The molecule has 3 heteroatoms. The summed E-state index contributed by atoms with van der Waals surface area (Å²) in [7, 11) is 0. The summed E-state index contributed by atoms with van der Waals surface area (Å²) >= 11 is 0. The number of amides is 1. The van der Waals surface area contributed by atoms with E-state index in [-0.39, 0.29) is 11.3 Å². The van der Waals surface area contributed by atoms with Gasteiger partial charge >= 0.3 is 0 Å². The largest absolute Gasteiger partial charge is 0.353 e. The van der Waals surface area contributed by atoms with Crippen molar-refractivity contribution in [1.29, 1.82) is 0 Å². The maximum Gasteiger partial charge on any atom is 0.243 e. The lowest BCUT2D eigenvalue weighted by molar-refractivity contribution is -0.116. The highest BCUT2D eigenvalue weighted by Crippen LogP contribution is 2.59. The average molecular weight is 411 g/mol. The van der Waals surface area contributed by atoms with Gasteiger partial charge in [0.2, 0.25) is 5.91 Å². The highest BCUT2D eigenvalue weighted by atomic mass is 16.1. The number of benzene rings is 2. The van der Waals surface area contributed by atoms with Gasteiger partial charge in [-0.05, 0) is 60.9 Å². The maximum atomic E-state index is 12.3. The third-order valence-corrected chi connectivity index (χ3v) is 6.21. The molecular weight excluding hydrogens is 380 g/mol. The molecule has 1 saturated carbocycles. The van der Waals surface area contributed by atoms with Crippen LogP contribution < -0.4 is 5.32 Å². The Balaban J connectivity index is 1.25. The zero-order valence-corrected chi connectivity index (χ0v) is 17.9. The van der Waals surface area contributed by atoms with Gasteiger partial charge in [-0.2, -0.15) is 0 Å². The van der Waals surface area contributed by atoms with Gasteiger partial charge in [0.25, 0.3) is 0 Å². The third-order valence-electron chi connectivity index (χ3n) is 6.21. The first-order valence-electron chi connectivity index (χ1n) is 11.3. The topological polar surface area (TPSA) is 42.0 Å². The van der Waals surface area contributed by atoms with Crippen LogP contribution in [-0.2, 0) is 16.6 Å². The number of carbonyl (C=O) groups is 1. The Morgan fingerprint density at radius 2 is 1.58 bits per heavy atom. The van der Waals surface area contributed by atoms with E-state index in [1.807, 2.05) is 18.3 Å². The smallest absolute Gasteiger partial charge is 0.243 e. The van der Waals surface area contributed by atoms with Crippen molar-refractivity contribution in [3.63, 3.8) is 0 Å². The number of hydrogen-bond donors (Lipinski definition) is 1. The number of unbranched alkanes of at least 4 members (excludes halogenated alkanes) is 2. The van der Waals surface area contributed by atoms with Gasteiger partial charge in [0.15, 0.2) is 0 Å². The molecule has 1 fully saturated rings. The van der Waals surface area contributed by atoms with Crippen molar-refractivity contribution in [3.05, 3.63) is 114 Å². The highest BCUT2D eigenvalue weighted by Gasteiger charge is 2.54. The molecule has 0 unspecified atom stereocenters. The molecule has 0 radical (unpaired) electrons. The van der Waals surface area contributed by atoms with Crippen LogP contribution in [0.1, 0.15) is 42.5 Å². The van der Waals surface area contributed by atoms with E-state index in [1.54, 1.807) is 6.08 Å². The molecule has 31 heavy (non-hydrogen) atoms. The van der Waals surface area contributed by atoms with E-state index >= 15 is 0 Å². The van der Waals surface area contributed by atoms with Crippen LogP contribution >= 0.6 is 0 Å². The van der Waals surface area contributed by atoms with E-state index in [0.29, 0.717) is 5.92 Å². The molecular formula is C28H30N2O. The number of carbonyl (C=O) groups excluding carboxylic acids is 1. The van der Waals surface area contributed by atoms with Crippen molar-refractivity contribution in [3.8, 4) is 0 Å². The predicted octanol–water partition coefficient (Wildman–Crippen LogP) is 5.47. The van der Waals surface area contributed by atoms with Crippen molar-refractivity contribution >= 4 is 5.91 Å². The summed E-state index contributed by atoms with van der Waals surface area (Å²) in [5.74, 6) is 0.355. The van der Waals surface area contributed by atoms with Crippen LogP contribution in [0.3, 0.4) is 0 Å². The van der Waals surface area contributed by atoms with Gasteiger partial charge in [0.1, 0.15) is 0 Å². The van der Waals surface area contributed by atoms with E-state index in [9.17, 15) is 4.79 Å². The number of aromatic nitrogens is 1. The van der Waals surface area contributed by atoms with E-state index in [2.05, 4.69) is 83.1 Å². The molecule has 0 bridgehead atoms. The molecule has 1 heterocycles. The SMILES string of the molecule is O=C(C=C[C@@H]1CC1(c1ccccc1)c1ccccc1)NCCCCCc1ccccn1. The van der Waals surface area contributed by atoms with Crippen molar-refractivity contribution in [1.82, 2.24) is 10.3 Å². The van der Waals surface area contributed by atoms with Crippen LogP contribution in [0.4, 0.5) is 0 Å². The standard InChI is InChI=1S/C28H30N2O/c31-27(30-21-10-3-8-16-26-17-9-11-20-29-26)19-18-25-22-28(25,23-12-4-1-5-13-23)24-14-6-2-7-15-24/h1-2,4-7,9,11-15,17-20,25H,3,8,10,16,21-22H2,(H,30,31)/t25-/m1/s1. The quantitative estimate of drug-likeness (QED) is 0.356. The molecule has 1 aromatic heterocycles. The molecule has 1 aliphatic carbocycles. The van der Waals surface area contributed by atoms with Crippen LogP contribution in [0.5, 0.6) is 0 Å². The van der Waals surface area contributed by atoms with Crippen molar-refractivity contribution < 1.29 is 4.79 Å².